The third-order valence-corrected chi connectivity index (χ3v) is 3.64. The molecule has 0 saturated heterocycles. The summed E-state index contributed by atoms with van der Waals surface area (Å²) in [6, 6.07) is 0. The van der Waals surface area contributed by atoms with Crippen LogP contribution in [0.2, 0.25) is 0 Å². The second-order valence-electron chi connectivity index (χ2n) is 4.08. The highest BCUT2D eigenvalue weighted by Gasteiger charge is 2.34. The minimum atomic E-state index is -0.921. The normalized spacial score (nSPS) is 18.3. The number of carbonyl (C=O) groups excluding carboxylic acids is 1. The monoisotopic (exact) mass is 247 g/mol. The van der Waals surface area contributed by atoms with Crippen molar-refractivity contribution in [2.24, 2.45) is 0 Å². The van der Waals surface area contributed by atoms with E-state index >= 15 is 0 Å². The average Bonchev–Trinajstić information content (AvgIpc) is 2.66. The summed E-state index contributed by atoms with van der Waals surface area (Å²) in [5, 5.41) is 20.5. The second kappa shape index (κ2) is 6.10. The van der Waals surface area contributed by atoms with Crippen molar-refractivity contribution in [1.29, 1.82) is 0 Å². The van der Waals surface area contributed by atoms with Crippen LogP contribution in [0.4, 0.5) is 0 Å². The van der Waals surface area contributed by atoms with Crippen molar-refractivity contribution in [3.8, 4) is 0 Å². The predicted molar refractivity (Wildman–Crippen MR) is 61.4 cm³/mol. The molecule has 1 fully saturated rings. The summed E-state index contributed by atoms with van der Waals surface area (Å²) >= 11 is 1.07. The molecule has 1 saturated carbocycles. The van der Waals surface area contributed by atoms with Gasteiger partial charge in [-0.1, -0.05) is 12.8 Å². The number of hydrogen-bond donors (Lipinski definition) is 3. The lowest BCUT2D eigenvalue weighted by molar-refractivity contribution is -0.133. The first-order valence-corrected chi connectivity index (χ1v) is 6.45. The van der Waals surface area contributed by atoms with Gasteiger partial charge in [0.15, 0.2) is 0 Å². The van der Waals surface area contributed by atoms with Crippen molar-refractivity contribution in [2.75, 3.05) is 18.1 Å². The van der Waals surface area contributed by atoms with E-state index in [1.165, 1.54) is 0 Å². The molecule has 0 bridgehead atoms. The summed E-state index contributed by atoms with van der Waals surface area (Å²) in [5.41, 5.74) is -0.457. The number of aliphatic carboxylic acids is 1. The average molecular weight is 247 g/mol. The van der Waals surface area contributed by atoms with E-state index in [4.69, 9.17) is 5.11 Å². The van der Waals surface area contributed by atoms with Crippen LogP contribution in [0.25, 0.3) is 0 Å². The standard InChI is InChI=1S/C10H17NO4S/c12-7-10(3-1-2-4-10)11-8(13)5-16-6-9(14)15/h12H,1-7H2,(H,11,13)(H,14,15). The van der Waals surface area contributed by atoms with Gasteiger partial charge in [0.1, 0.15) is 0 Å². The number of carboxylic acid groups (broad SMARTS) is 1. The van der Waals surface area contributed by atoms with Crippen LogP contribution < -0.4 is 5.32 Å². The van der Waals surface area contributed by atoms with Gasteiger partial charge < -0.3 is 15.5 Å². The van der Waals surface area contributed by atoms with E-state index in [0.29, 0.717) is 0 Å². The Morgan fingerprint density at radius 3 is 2.38 bits per heavy atom. The highest BCUT2D eigenvalue weighted by atomic mass is 32.2. The molecule has 0 aliphatic heterocycles. The number of thioether (sulfide) groups is 1. The Bertz CT molecular complexity index is 264. The van der Waals surface area contributed by atoms with Gasteiger partial charge in [-0.2, -0.15) is 0 Å². The van der Waals surface area contributed by atoms with Crippen molar-refractivity contribution in [3.63, 3.8) is 0 Å². The maximum absolute atomic E-state index is 11.5. The molecule has 0 radical (unpaired) electrons. The molecule has 5 nitrogen and oxygen atoms in total. The Morgan fingerprint density at radius 1 is 1.25 bits per heavy atom. The van der Waals surface area contributed by atoms with Crippen LogP contribution in [0.1, 0.15) is 25.7 Å². The van der Waals surface area contributed by atoms with Crippen molar-refractivity contribution in [3.05, 3.63) is 0 Å². The van der Waals surface area contributed by atoms with Crippen molar-refractivity contribution in [2.45, 2.75) is 31.2 Å². The summed E-state index contributed by atoms with van der Waals surface area (Å²) < 4.78 is 0. The Balaban J connectivity index is 2.29. The van der Waals surface area contributed by atoms with Crippen LogP contribution in [-0.4, -0.2) is 45.7 Å². The van der Waals surface area contributed by atoms with Crippen LogP contribution in [-0.2, 0) is 9.59 Å². The smallest absolute Gasteiger partial charge is 0.313 e. The Labute approximate surface area is 98.6 Å². The summed E-state index contributed by atoms with van der Waals surface area (Å²) in [6.07, 6.45) is 3.64. The Hall–Kier alpha value is -0.750. The van der Waals surface area contributed by atoms with E-state index in [-0.39, 0.29) is 24.0 Å². The molecule has 1 aliphatic carbocycles. The first-order valence-electron chi connectivity index (χ1n) is 5.29. The first-order chi connectivity index (χ1) is 7.58. The maximum Gasteiger partial charge on any atom is 0.313 e. The van der Waals surface area contributed by atoms with Crippen LogP contribution in [0, 0.1) is 0 Å². The molecule has 0 aromatic carbocycles. The quantitative estimate of drug-likeness (QED) is 0.625. The van der Waals surface area contributed by atoms with E-state index in [1.807, 2.05) is 0 Å². The molecule has 0 aromatic rings. The molecule has 0 spiro atoms. The summed E-state index contributed by atoms with van der Waals surface area (Å²) in [5.74, 6) is -1.05. The molecule has 1 aliphatic rings. The lowest BCUT2D eigenvalue weighted by Gasteiger charge is -2.27. The van der Waals surface area contributed by atoms with Crippen LogP contribution in [0.15, 0.2) is 0 Å². The number of nitrogens with one attached hydrogen (secondary N) is 1. The fourth-order valence-electron chi connectivity index (χ4n) is 1.94. The molecule has 6 heteroatoms. The van der Waals surface area contributed by atoms with Gasteiger partial charge in [-0.15, -0.1) is 11.8 Å². The number of carbonyl (C=O) groups is 2. The van der Waals surface area contributed by atoms with Gasteiger partial charge in [-0.25, -0.2) is 0 Å². The summed E-state index contributed by atoms with van der Waals surface area (Å²) in [4.78, 5) is 21.8. The third kappa shape index (κ3) is 4.02. The van der Waals surface area contributed by atoms with Gasteiger partial charge in [0.05, 0.1) is 23.7 Å². The molecule has 0 aromatic heterocycles. The summed E-state index contributed by atoms with van der Waals surface area (Å²) in [6.45, 7) is -0.0393. The second-order valence-corrected chi connectivity index (χ2v) is 5.07. The van der Waals surface area contributed by atoms with Crippen molar-refractivity contribution >= 4 is 23.6 Å². The number of amides is 1. The van der Waals surface area contributed by atoms with E-state index in [0.717, 1.165) is 37.4 Å². The van der Waals surface area contributed by atoms with Gasteiger partial charge in [-0.05, 0) is 12.8 Å². The zero-order valence-electron chi connectivity index (χ0n) is 9.07. The zero-order chi connectivity index (χ0) is 12.0. The molecule has 1 amide bonds. The topological polar surface area (TPSA) is 86.6 Å². The van der Waals surface area contributed by atoms with Crippen molar-refractivity contribution < 1.29 is 19.8 Å². The van der Waals surface area contributed by atoms with Gasteiger partial charge in [0.25, 0.3) is 0 Å². The minimum Gasteiger partial charge on any atom is -0.481 e. The SMILES string of the molecule is O=C(O)CSCC(=O)NC1(CO)CCCC1. The van der Waals surface area contributed by atoms with Gasteiger partial charge >= 0.3 is 5.97 Å². The fourth-order valence-corrected chi connectivity index (χ4v) is 2.47. The van der Waals surface area contributed by atoms with E-state index in [2.05, 4.69) is 5.32 Å². The van der Waals surface area contributed by atoms with Gasteiger partial charge in [-0.3, -0.25) is 9.59 Å². The first kappa shape index (κ1) is 13.3. The number of rotatable bonds is 6. The van der Waals surface area contributed by atoms with Gasteiger partial charge in [0, 0.05) is 0 Å². The van der Waals surface area contributed by atoms with E-state index in [1.54, 1.807) is 0 Å². The Kier molecular flexibility index (Phi) is 5.08. The molecular formula is C10H17NO4S. The molecule has 3 N–H and O–H groups in total. The molecule has 0 heterocycles. The molecular weight excluding hydrogens is 230 g/mol. The lowest BCUT2D eigenvalue weighted by Crippen LogP contribution is -2.49. The lowest BCUT2D eigenvalue weighted by atomic mass is 9.99. The predicted octanol–water partition coefficient (Wildman–Crippen LogP) is 0.225. The van der Waals surface area contributed by atoms with Crippen LogP contribution >= 0.6 is 11.8 Å². The molecule has 16 heavy (non-hydrogen) atoms. The minimum absolute atomic E-state index is 0.0393. The molecule has 1 rings (SSSR count). The molecule has 92 valence electrons. The number of hydrogen-bond acceptors (Lipinski definition) is 4. The van der Waals surface area contributed by atoms with E-state index in [9.17, 15) is 14.7 Å². The fraction of sp³-hybridized carbons (Fsp3) is 0.800. The van der Waals surface area contributed by atoms with Gasteiger partial charge in [0.2, 0.25) is 5.91 Å². The van der Waals surface area contributed by atoms with E-state index < -0.39 is 11.5 Å². The number of aliphatic hydroxyl groups excluding tert-OH is 1. The van der Waals surface area contributed by atoms with Crippen molar-refractivity contribution in [1.82, 2.24) is 5.32 Å². The molecule has 0 atom stereocenters. The number of aliphatic hydroxyl groups is 1. The largest absolute Gasteiger partial charge is 0.481 e. The highest BCUT2D eigenvalue weighted by molar-refractivity contribution is 8.00. The highest BCUT2D eigenvalue weighted by Crippen LogP contribution is 2.29. The molecule has 0 unspecified atom stereocenters. The third-order valence-electron chi connectivity index (χ3n) is 2.73. The van der Waals surface area contributed by atoms with Crippen LogP contribution in [0.5, 0.6) is 0 Å². The number of carboxylic acids is 1. The maximum atomic E-state index is 11.5. The zero-order valence-corrected chi connectivity index (χ0v) is 9.89. The Morgan fingerprint density at radius 2 is 1.88 bits per heavy atom. The summed E-state index contributed by atoms with van der Waals surface area (Å²) in [7, 11) is 0. The van der Waals surface area contributed by atoms with Crippen LogP contribution in [0.3, 0.4) is 0 Å².